The summed E-state index contributed by atoms with van der Waals surface area (Å²) in [5.74, 6) is -0.907. The van der Waals surface area contributed by atoms with Crippen molar-refractivity contribution in [1.29, 1.82) is 0 Å². The van der Waals surface area contributed by atoms with Crippen molar-refractivity contribution in [2.24, 2.45) is 0 Å². The van der Waals surface area contributed by atoms with Gasteiger partial charge in [-0.3, -0.25) is 14.8 Å². The van der Waals surface area contributed by atoms with Gasteiger partial charge in [-0.1, -0.05) is 25.0 Å². The predicted octanol–water partition coefficient (Wildman–Crippen LogP) is 3.13. The first kappa shape index (κ1) is 19.0. The molecule has 0 saturated heterocycles. The highest BCUT2D eigenvalue weighted by atomic mass is 32.1. The molecule has 0 spiro atoms. The van der Waals surface area contributed by atoms with Crippen molar-refractivity contribution in [2.75, 3.05) is 6.54 Å². The van der Waals surface area contributed by atoms with Crippen LogP contribution in [0.15, 0.2) is 30.5 Å². The molecule has 0 fully saturated rings. The van der Waals surface area contributed by atoms with E-state index in [0.717, 1.165) is 29.7 Å². The van der Waals surface area contributed by atoms with Crippen molar-refractivity contribution in [3.05, 3.63) is 41.3 Å². The van der Waals surface area contributed by atoms with E-state index in [1.165, 1.54) is 23.5 Å². The van der Waals surface area contributed by atoms with E-state index in [9.17, 15) is 14.0 Å². The van der Waals surface area contributed by atoms with Crippen molar-refractivity contribution >= 4 is 23.2 Å². The lowest BCUT2D eigenvalue weighted by molar-refractivity contribution is -0.129. The first-order chi connectivity index (χ1) is 12.1. The number of nitrogens with one attached hydrogen (secondary N) is 2. The maximum Gasteiger partial charge on any atom is 0.280 e. The van der Waals surface area contributed by atoms with E-state index in [1.807, 2.05) is 0 Å². The molecule has 1 heterocycles. The first-order valence-corrected chi connectivity index (χ1v) is 8.84. The molecule has 0 aliphatic heterocycles. The van der Waals surface area contributed by atoms with Crippen LogP contribution < -0.4 is 10.8 Å². The third kappa shape index (κ3) is 6.24. The number of aromatic nitrogens is 1. The summed E-state index contributed by atoms with van der Waals surface area (Å²) in [6.45, 7) is 0.538. The zero-order chi connectivity index (χ0) is 18.1. The molecule has 3 N–H and O–H groups in total. The van der Waals surface area contributed by atoms with Gasteiger partial charge in [0.25, 0.3) is 5.91 Å². The molecule has 0 unspecified atom stereocenters. The van der Waals surface area contributed by atoms with Crippen molar-refractivity contribution in [3.8, 4) is 10.4 Å². The lowest BCUT2D eigenvalue weighted by Gasteiger charge is -2.03. The normalized spacial score (nSPS) is 10.5. The minimum atomic E-state index is -0.381. The summed E-state index contributed by atoms with van der Waals surface area (Å²) in [6.07, 6.45) is 5.16. The molecular weight excluding hydrogens is 345 g/mol. The van der Waals surface area contributed by atoms with Crippen LogP contribution in [0, 0.1) is 5.82 Å². The number of rotatable bonds is 9. The number of carbonyl (C=O) groups is 2. The highest BCUT2D eigenvalue weighted by molar-refractivity contribution is 7.16. The Morgan fingerprint density at radius 2 is 1.84 bits per heavy atom. The molecule has 0 bridgehead atoms. The van der Waals surface area contributed by atoms with Gasteiger partial charge in [0.2, 0.25) is 5.91 Å². The Bertz CT molecular complexity index is 703. The predicted molar refractivity (Wildman–Crippen MR) is 92.9 cm³/mol. The number of hydrogen-bond donors (Lipinski definition) is 3. The average Bonchev–Trinajstić information content (AvgIpc) is 3.11. The number of nitrogens with zero attached hydrogens (tertiary/aromatic N) is 1. The monoisotopic (exact) mass is 365 g/mol. The maximum absolute atomic E-state index is 12.9. The smallest absolute Gasteiger partial charge is 0.280 e. The Labute approximate surface area is 149 Å². The molecule has 8 heteroatoms. The van der Waals surface area contributed by atoms with Crippen LogP contribution in [0.2, 0.25) is 0 Å². The van der Waals surface area contributed by atoms with Gasteiger partial charge in [-0.05, 0) is 30.5 Å². The average molecular weight is 365 g/mol. The number of amides is 2. The molecule has 0 aliphatic carbocycles. The molecule has 1 aromatic heterocycles. The SMILES string of the molecule is O=C(CCCCCCNC(=O)c1ncc(-c2ccc(F)cc2)s1)NO. The highest BCUT2D eigenvalue weighted by Gasteiger charge is 2.11. The molecule has 134 valence electrons. The Balaban J connectivity index is 1.69. The minimum absolute atomic E-state index is 0.224. The third-order valence-corrected chi connectivity index (χ3v) is 4.61. The van der Waals surface area contributed by atoms with Gasteiger partial charge in [0.15, 0.2) is 5.01 Å². The number of hydroxylamine groups is 1. The van der Waals surface area contributed by atoms with Crippen molar-refractivity contribution in [1.82, 2.24) is 15.8 Å². The van der Waals surface area contributed by atoms with Crippen LogP contribution in [0.5, 0.6) is 0 Å². The summed E-state index contributed by atoms with van der Waals surface area (Å²) in [6, 6.07) is 6.06. The zero-order valence-corrected chi connectivity index (χ0v) is 14.4. The number of benzene rings is 1. The van der Waals surface area contributed by atoms with Gasteiger partial charge in [0.05, 0.1) is 4.88 Å². The van der Waals surface area contributed by atoms with Gasteiger partial charge in [-0.25, -0.2) is 14.9 Å². The van der Waals surface area contributed by atoms with Gasteiger partial charge in [0, 0.05) is 19.2 Å². The minimum Gasteiger partial charge on any atom is -0.350 e. The molecule has 6 nitrogen and oxygen atoms in total. The molecule has 0 radical (unpaired) electrons. The van der Waals surface area contributed by atoms with Crippen LogP contribution >= 0.6 is 11.3 Å². The Morgan fingerprint density at radius 1 is 1.12 bits per heavy atom. The third-order valence-electron chi connectivity index (χ3n) is 3.57. The second kappa shape index (κ2) is 9.85. The summed E-state index contributed by atoms with van der Waals surface area (Å²) < 4.78 is 12.9. The van der Waals surface area contributed by atoms with Crippen LogP contribution in [-0.2, 0) is 4.79 Å². The largest absolute Gasteiger partial charge is 0.350 e. The standard InChI is InChI=1S/C17H20FN3O3S/c18-13-8-6-12(7-9-13)14-11-20-17(25-14)16(23)19-10-4-2-1-3-5-15(22)21-24/h6-9,11,24H,1-5,10H2,(H,19,23)(H,21,22). The van der Waals surface area contributed by atoms with E-state index in [4.69, 9.17) is 5.21 Å². The summed E-state index contributed by atoms with van der Waals surface area (Å²) in [4.78, 5) is 27.8. The van der Waals surface area contributed by atoms with Crippen LogP contribution in [0.3, 0.4) is 0 Å². The van der Waals surface area contributed by atoms with Crippen LogP contribution in [-0.4, -0.2) is 28.6 Å². The highest BCUT2D eigenvalue weighted by Crippen LogP contribution is 2.26. The second-order valence-corrected chi connectivity index (χ2v) is 6.52. The quantitative estimate of drug-likeness (QED) is 0.362. The number of hydrogen-bond acceptors (Lipinski definition) is 5. The van der Waals surface area contributed by atoms with E-state index in [2.05, 4.69) is 10.3 Å². The van der Waals surface area contributed by atoms with E-state index in [1.54, 1.807) is 23.8 Å². The summed E-state index contributed by atoms with van der Waals surface area (Å²) >= 11 is 1.26. The van der Waals surface area contributed by atoms with Gasteiger partial charge in [0.1, 0.15) is 5.82 Å². The molecule has 0 atom stereocenters. The van der Waals surface area contributed by atoms with E-state index in [-0.39, 0.29) is 17.6 Å². The second-order valence-electron chi connectivity index (χ2n) is 5.49. The first-order valence-electron chi connectivity index (χ1n) is 8.03. The molecule has 2 aromatic rings. The van der Waals surface area contributed by atoms with Crippen molar-refractivity contribution in [2.45, 2.75) is 32.1 Å². The number of thiazole rings is 1. The Morgan fingerprint density at radius 3 is 2.56 bits per heavy atom. The van der Waals surface area contributed by atoms with E-state index in [0.29, 0.717) is 24.4 Å². The Kier molecular flexibility index (Phi) is 7.49. The molecule has 1 aromatic carbocycles. The van der Waals surface area contributed by atoms with Gasteiger partial charge >= 0.3 is 0 Å². The lowest BCUT2D eigenvalue weighted by atomic mass is 10.1. The molecular formula is C17H20FN3O3S. The number of unbranched alkanes of at least 4 members (excludes halogenated alkanes) is 3. The molecule has 25 heavy (non-hydrogen) atoms. The number of carbonyl (C=O) groups excluding carboxylic acids is 2. The fraction of sp³-hybridized carbons (Fsp3) is 0.353. The topological polar surface area (TPSA) is 91.3 Å². The Hall–Kier alpha value is -2.32. The fourth-order valence-electron chi connectivity index (χ4n) is 2.22. The zero-order valence-electron chi connectivity index (χ0n) is 13.6. The van der Waals surface area contributed by atoms with Crippen LogP contribution in [0.4, 0.5) is 4.39 Å². The van der Waals surface area contributed by atoms with Gasteiger partial charge < -0.3 is 5.32 Å². The van der Waals surface area contributed by atoms with Crippen molar-refractivity contribution in [3.63, 3.8) is 0 Å². The summed E-state index contributed by atoms with van der Waals surface area (Å²) in [5, 5.41) is 11.6. The maximum atomic E-state index is 12.9. The van der Waals surface area contributed by atoms with Gasteiger partial charge in [-0.15, -0.1) is 11.3 Å². The lowest BCUT2D eigenvalue weighted by Crippen LogP contribution is -2.24. The number of halogens is 1. The summed E-state index contributed by atoms with van der Waals surface area (Å²) in [7, 11) is 0. The van der Waals surface area contributed by atoms with Crippen LogP contribution in [0.25, 0.3) is 10.4 Å². The summed E-state index contributed by atoms with van der Waals surface area (Å²) in [5.41, 5.74) is 2.42. The van der Waals surface area contributed by atoms with Crippen LogP contribution in [0.1, 0.15) is 41.9 Å². The van der Waals surface area contributed by atoms with Crippen molar-refractivity contribution < 1.29 is 19.2 Å². The van der Waals surface area contributed by atoms with Gasteiger partial charge in [-0.2, -0.15) is 0 Å². The molecule has 2 rings (SSSR count). The van der Waals surface area contributed by atoms with E-state index < -0.39 is 0 Å². The fourth-order valence-corrected chi connectivity index (χ4v) is 3.06. The molecule has 0 saturated carbocycles. The van der Waals surface area contributed by atoms with E-state index >= 15 is 0 Å². The molecule has 0 aliphatic rings. The molecule has 2 amide bonds.